The van der Waals surface area contributed by atoms with Gasteiger partial charge in [0.1, 0.15) is 0 Å². The summed E-state index contributed by atoms with van der Waals surface area (Å²) in [6.07, 6.45) is 0.0254. The molecule has 6 nitrogen and oxygen atoms in total. The number of hydrogen-bond donors (Lipinski definition) is 1. The van der Waals surface area contributed by atoms with Gasteiger partial charge in [-0.05, 0) is 24.6 Å². The summed E-state index contributed by atoms with van der Waals surface area (Å²) in [4.78, 5) is 24.6. The van der Waals surface area contributed by atoms with E-state index in [1.807, 2.05) is 31.2 Å². The number of hydrogen-bond acceptors (Lipinski definition) is 5. The van der Waals surface area contributed by atoms with E-state index in [4.69, 9.17) is 14.2 Å². The Hall–Kier alpha value is -3.02. The number of benzene rings is 2. The van der Waals surface area contributed by atoms with Gasteiger partial charge in [-0.25, -0.2) is 0 Å². The van der Waals surface area contributed by atoms with Gasteiger partial charge in [-0.2, -0.15) is 0 Å². The van der Waals surface area contributed by atoms with Crippen molar-refractivity contribution in [1.82, 2.24) is 5.32 Å². The molecule has 0 heterocycles. The van der Waals surface area contributed by atoms with Crippen molar-refractivity contribution < 1.29 is 23.8 Å². The van der Waals surface area contributed by atoms with Crippen molar-refractivity contribution in [2.75, 3.05) is 21.3 Å². The molecule has 26 heavy (non-hydrogen) atoms. The first-order valence-corrected chi connectivity index (χ1v) is 8.15. The van der Waals surface area contributed by atoms with Crippen LogP contribution in [0.4, 0.5) is 0 Å². The molecule has 0 bridgehead atoms. The average Bonchev–Trinajstić information content (AvgIpc) is 2.66. The van der Waals surface area contributed by atoms with Crippen molar-refractivity contribution in [1.29, 1.82) is 0 Å². The minimum atomic E-state index is -0.522. The van der Waals surface area contributed by atoms with Crippen LogP contribution in [-0.2, 0) is 9.53 Å². The predicted octanol–water partition coefficient (Wildman–Crippen LogP) is 3.05. The maximum Gasteiger partial charge on any atom is 0.307 e. The molecule has 0 unspecified atom stereocenters. The molecule has 0 radical (unpaired) electrons. The number of nitrogens with one attached hydrogen (secondary N) is 1. The van der Waals surface area contributed by atoms with Gasteiger partial charge >= 0.3 is 5.97 Å². The molecular weight excluding hydrogens is 334 g/mol. The molecule has 1 N–H and O–H groups in total. The highest BCUT2D eigenvalue weighted by Gasteiger charge is 2.22. The maximum absolute atomic E-state index is 12.8. The third-order valence-electron chi connectivity index (χ3n) is 4.03. The van der Waals surface area contributed by atoms with Gasteiger partial charge in [0.15, 0.2) is 11.5 Å². The molecule has 0 aromatic heterocycles. The molecule has 1 amide bonds. The van der Waals surface area contributed by atoms with Crippen LogP contribution in [0.5, 0.6) is 11.5 Å². The first kappa shape index (κ1) is 19.3. The zero-order valence-corrected chi connectivity index (χ0v) is 15.4. The van der Waals surface area contributed by atoms with Crippen molar-refractivity contribution in [2.45, 2.75) is 19.4 Å². The Labute approximate surface area is 153 Å². The molecular formula is C20H23NO5. The van der Waals surface area contributed by atoms with Crippen LogP contribution in [0.1, 0.15) is 33.9 Å². The Morgan fingerprint density at radius 2 is 1.69 bits per heavy atom. The topological polar surface area (TPSA) is 73.9 Å². The van der Waals surface area contributed by atoms with Gasteiger partial charge in [0.25, 0.3) is 5.91 Å². The molecule has 2 rings (SSSR count). The summed E-state index contributed by atoms with van der Waals surface area (Å²) in [6.45, 7) is 1.97. The van der Waals surface area contributed by atoms with E-state index in [-0.39, 0.29) is 12.3 Å². The van der Waals surface area contributed by atoms with Crippen LogP contribution in [0.25, 0.3) is 0 Å². The molecule has 1 atom stereocenters. The van der Waals surface area contributed by atoms with Gasteiger partial charge in [-0.3, -0.25) is 9.59 Å². The van der Waals surface area contributed by atoms with E-state index >= 15 is 0 Å². The summed E-state index contributed by atoms with van der Waals surface area (Å²) < 4.78 is 15.3. The van der Waals surface area contributed by atoms with E-state index in [0.29, 0.717) is 17.1 Å². The Morgan fingerprint density at radius 3 is 2.27 bits per heavy atom. The maximum atomic E-state index is 12.8. The lowest BCUT2D eigenvalue weighted by molar-refractivity contribution is -0.141. The smallest absolute Gasteiger partial charge is 0.307 e. The number of ether oxygens (including phenoxy) is 3. The van der Waals surface area contributed by atoms with Crippen molar-refractivity contribution in [3.8, 4) is 11.5 Å². The van der Waals surface area contributed by atoms with E-state index in [1.165, 1.54) is 21.3 Å². The molecule has 0 saturated heterocycles. The number of para-hydroxylation sites is 1. The summed E-state index contributed by atoms with van der Waals surface area (Å²) in [5.74, 6) is 0.0249. The normalized spacial score (nSPS) is 11.4. The van der Waals surface area contributed by atoms with Crippen LogP contribution in [0.3, 0.4) is 0 Å². The van der Waals surface area contributed by atoms with Gasteiger partial charge in [-0.1, -0.05) is 35.9 Å². The van der Waals surface area contributed by atoms with Crippen LogP contribution < -0.4 is 14.8 Å². The molecule has 2 aromatic rings. The fourth-order valence-corrected chi connectivity index (χ4v) is 2.60. The van der Waals surface area contributed by atoms with Crippen LogP contribution in [-0.4, -0.2) is 33.2 Å². The monoisotopic (exact) mass is 357 g/mol. The molecule has 0 aliphatic rings. The standard InChI is InChI=1S/C20H23NO5/c1-13-8-10-14(11-9-13)16(12-18(22)25-3)21-20(23)15-6-5-7-17(24-2)19(15)26-4/h5-11,16H,12H2,1-4H3,(H,21,23)/t16-/m1/s1. The Morgan fingerprint density at radius 1 is 1.00 bits per heavy atom. The summed E-state index contributed by atoms with van der Waals surface area (Å²) in [7, 11) is 4.30. The minimum absolute atomic E-state index is 0.0254. The third-order valence-corrected chi connectivity index (χ3v) is 4.03. The molecule has 6 heteroatoms. The lowest BCUT2D eigenvalue weighted by Gasteiger charge is -2.20. The second-order valence-corrected chi connectivity index (χ2v) is 5.76. The van der Waals surface area contributed by atoms with Gasteiger partial charge in [0.05, 0.1) is 39.4 Å². The molecule has 0 aliphatic carbocycles. The molecule has 0 fully saturated rings. The quantitative estimate of drug-likeness (QED) is 0.771. The molecule has 138 valence electrons. The van der Waals surface area contributed by atoms with Crippen LogP contribution in [0.15, 0.2) is 42.5 Å². The SMILES string of the molecule is COC(=O)C[C@@H](NC(=O)c1cccc(OC)c1OC)c1ccc(C)cc1. The van der Waals surface area contributed by atoms with Crippen molar-refractivity contribution in [3.05, 3.63) is 59.2 Å². The highest BCUT2D eigenvalue weighted by atomic mass is 16.5. The highest BCUT2D eigenvalue weighted by Crippen LogP contribution is 2.31. The second-order valence-electron chi connectivity index (χ2n) is 5.76. The van der Waals surface area contributed by atoms with E-state index in [9.17, 15) is 9.59 Å². The Balaban J connectivity index is 2.31. The van der Waals surface area contributed by atoms with E-state index in [2.05, 4.69) is 5.32 Å². The van der Waals surface area contributed by atoms with Gasteiger partial charge in [-0.15, -0.1) is 0 Å². The van der Waals surface area contributed by atoms with Crippen LogP contribution >= 0.6 is 0 Å². The number of esters is 1. The minimum Gasteiger partial charge on any atom is -0.493 e. The number of rotatable bonds is 7. The molecule has 0 spiro atoms. The zero-order chi connectivity index (χ0) is 19.1. The van der Waals surface area contributed by atoms with Crippen molar-refractivity contribution in [3.63, 3.8) is 0 Å². The van der Waals surface area contributed by atoms with Gasteiger partial charge in [0.2, 0.25) is 0 Å². The van der Waals surface area contributed by atoms with Crippen molar-refractivity contribution >= 4 is 11.9 Å². The van der Waals surface area contributed by atoms with Crippen LogP contribution in [0, 0.1) is 6.92 Å². The van der Waals surface area contributed by atoms with E-state index < -0.39 is 12.0 Å². The largest absolute Gasteiger partial charge is 0.493 e. The third kappa shape index (κ3) is 4.53. The Bertz CT molecular complexity index is 770. The van der Waals surface area contributed by atoms with Crippen LogP contribution in [0.2, 0.25) is 0 Å². The van der Waals surface area contributed by atoms with E-state index in [0.717, 1.165) is 11.1 Å². The van der Waals surface area contributed by atoms with E-state index in [1.54, 1.807) is 18.2 Å². The number of carbonyl (C=O) groups is 2. The fourth-order valence-electron chi connectivity index (χ4n) is 2.60. The summed E-state index contributed by atoms with van der Waals surface area (Å²) in [5, 5.41) is 2.88. The molecule has 2 aromatic carbocycles. The zero-order valence-electron chi connectivity index (χ0n) is 15.4. The number of amides is 1. The van der Waals surface area contributed by atoms with Gasteiger partial charge < -0.3 is 19.5 Å². The lowest BCUT2D eigenvalue weighted by atomic mass is 10.0. The number of carbonyl (C=O) groups excluding carboxylic acids is 2. The summed E-state index contributed by atoms with van der Waals surface area (Å²) in [6, 6.07) is 12.2. The summed E-state index contributed by atoms with van der Waals surface area (Å²) >= 11 is 0. The molecule has 0 saturated carbocycles. The predicted molar refractivity (Wildman–Crippen MR) is 97.6 cm³/mol. The molecule has 0 aliphatic heterocycles. The average molecular weight is 357 g/mol. The first-order chi connectivity index (χ1) is 12.5. The summed E-state index contributed by atoms with van der Waals surface area (Å²) in [5.41, 5.74) is 2.23. The second kappa shape index (κ2) is 8.89. The highest BCUT2D eigenvalue weighted by molar-refractivity contribution is 5.98. The number of methoxy groups -OCH3 is 3. The first-order valence-electron chi connectivity index (χ1n) is 8.15. The fraction of sp³-hybridized carbons (Fsp3) is 0.300. The number of aryl methyl sites for hydroxylation is 1. The van der Waals surface area contributed by atoms with Gasteiger partial charge in [0, 0.05) is 0 Å². The Kier molecular flexibility index (Phi) is 6.60. The lowest BCUT2D eigenvalue weighted by Crippen LogP contribution is -2.30. The van der Waals surface area contributed by atoms with Crippen molar-refractivity contribution in [2.24, 2.45) is 0 Å².